The van der Waals surface area contributed by atoms with Crippen LogP contribution in [-0.2, 0) is 0 Å². The second-order valence-corrected chi connectivity index (χ2v) is 3.87. The molecule has 1 heterocycles. The summed E-state index contributed by atoms with van der Waals surface area (Å²) in [5, 5.41) is 9.94. The van der Waals surface area contributed by atoms with Gasteiger partial charge in [-0.05, 0) is 43.4 Å². The molecule has 2 rings (SSSR count). The highest BCUT2D eigenvalue weighted by Crippen LogP contribution is 2.37. The first-order valence-corrected chi connectivity index (χ1v) is 4.88. The van der Waals surface area contributed by atoms with Gasteiger partial charge in [0, 0.05) is 11.9 Å². The van der Waals surface area contributed by atoms with Gasteiger partial charge in [0.15, 0.2) is 0 Å². The number of nitrogens with zero attached hydrogens (tertiary/aromatic N) is 1. The van der Waals surface area contributed by atoms with Crippen molar-refractivity contribution in [3.05, 3.63) is 29.6 Å². The molecule has 0 saturated heterocycles. The summed E-state index contributed by atoms with van der Waals surface area (Å²) >= 11 is 0. The van der Waals surface area contributed by atoms with Crippen LogP contribution in [0.3, 0.4) is 0 Å². The van der Waals surface area contributed by atoms with E-state index in [1.165, 1.54) is 19.3 Å². The van der Waals surface area contributed by atoms with Crippen LogP contribution in [0.1, 0.15) is 36.6 Å². The first-order valence-electron chi connectivity index (χ1n) is 4.88. The van der Waals surface area contributed by atoms with Crippen molar-refractivity contribution < 1.29 is 5.11 Å². The number of hydrogen-bond donors (Lipinski definition) is 1. The monoisotopic (exact) mass is 177 g/mol. The van der Waals surface area contributed by atoms with E-state index < -0.39 is 0 Å². The van der Waals surface area contributed by atoms with E-state index >= 15 is 0 Å². The Labute approximate surface area is 78.6 Å². The van der Waals surface area contributed by atoms with Crippen LogP contribution in [0.25, 0.3) is 0 Å². The van der Waals surface area contributed by atoms with Crippen molar-refractivity contribution in [2.24, 2.45) is 5.92 Å². The van der Waals surface area contributed by atoms with E-state index in [1.54, 1.807) is 6.20 Å². The van der Waals surface area contributed by atoms with Gasteiger partial charge in [-0.2, -0.15) is 0 Å². The second-order valence-electron chi connectivity index (χ2n) is 3.87. The molecule has 2 nitrogen and oxygen atoms in total. The van der Waals surface area contributed by atoms with Crippen LogP contribution in [0.15, 0.2) is 18.3 Å². The van der Waals surface area contributed by atoms with Crippen molar-refractivity contribution >= 4 is 0 Å². The molecule has 0 amide bonds. The molecule has 1 N–H and O–H groups in total. The highest BCUT2D eigenvalue weighted by atomic mass is 16.3. The predicted molar refractivity (Wildman–Crippen MR) is 51.3 cm³/mol. The molecule has 1 unspecified atom stereocenters. The molecule has 0 aromatic carbocycles. The lowest BCUT2D eigenvalue weighted by atomic mass is 9.79. The van der Waals surface area contributed by atoms with E-state index in [4.69, 9.17) is 0 Å². The van der Waals surface area contributed by atoms with Crippen molar-refractivity contribution in [1.82, 2.24) is 4.98 Å². The van der Waals surface area contributed by atoms with E-state index in [1.807, 2.05) is 19.1 Å². The number of pyridine rings is 1. The van der Waals surface area contributed by atoms with Crippen LogP contribution in [0.2, 0.25) is 0 Å². The van der Waals surface area contributed by atoms with Gasteiger partial charge in [0.2, 0.25) is 0 Å². The van der Waals surface area contributed by atoms with Gasteiger partial charge in [-0.25, -0.2) is 0 Å². The average Bonchev–Trinajstić information content (AvgIpc) is 2.01. The molecule has 0 bridgehead atoms. The van der Waals surface area contributed by atoms with Gasteiger partial charge in [0.1, 0.15) is 0 Å². The van der Waals surface area contributed by atoms with Gasteiger partial charge in [0.05, 0.1) is 6.10 Å². The predicted octanol–water partition coefficient (Wildman–Crippen LogP) is 2.22. The maximum absolute atomic E-state index is 9.94. The van der Waals surface area contributed by atoms with Crippen LogP contribution in [-0.4, -0.2) is 10.1 Å². The fourth-order valence-electron chi connectivity index (χ4n) is 1.78. The smallest absolute Gasteiger partial charge is 0.0819 e. The van der Waals surface area contributed by atoms with Gasteiger partial charge in [-0.15, -0.1) is 0 Å². The normalized spacial score (nSPS) is 19.5. The lowest BCUT2D eigenvalue weighted by Crippen LogP contribution is -2.20. The van der Waals surface area contributed by atoms with Crippen molar-refractivity contribution in [3.63, 3.8) is 0 Å². The molecule has 1 aliphatic rings. The fraction of sp³-hybridized carbons (Fsp3) is 0.545. The van der Waals surface area contributed by atoms with E-state index in [0.717, 1.165) is 11.3 Å². The molecule has 1 aliphatic carbocycles. The highest BCUT2D eigenvalue weighted by Gasteiger charge is 2.26. The number of rotatable bonds is 2. The second kappa shape index (κ2) is 3.46. The lowest BCUT2D eigenvalue weighted by molar-refractivity contribution is 0.0620. The summed E-state index contributed by atoms with van der Waals surface area (Å²) in [5.41, 5.74) is 2.01. The Morgan fingerprint density at radius 1 is 1.54 bits per heavy atom. The summed E-state index contributed by atoms with van der Waals surface area (Å²) in [6.45, 7) is 1.96. The molecule has 1 aromatic rings. The van der Waals surface area contributed by atoms with Crippen LogP contribution >= 0.6 is 0 Å². The fourth-order valence-corrected chi connectivity index (χ4v) is 1.78. The first-order chi connectivity index (χ1) is 6.27. The molecule has 1 atom stereocenters. The number of aryl methyl sites for hydroxylation is 1. The summed E-state index contributed by atoms with van der Waals surface area (Å²) in [5.74, 6) is 0.488. The van der Waals surface area contributed by atoms with Gasteiger partial charge in [0.25, 0.3) is 0 Å². The summed E-state index contributed by atoms with van der Waals surface area (Å²) < 4.78 is 0. The number of aromatic nitrogens is 1. The van der Waals surface area contributed by atoms with Crippen molar-refractivity contribution in [3.8, 4) is 0 Å². The van der Waals surface area contributed by atoms with Crippen molar-refractivity contribution in [2.45, 2.75) is 32.3 Å². The third kappa shape index (κ3) is 1.73. The molecule has 2 heteroatoms. The van der Waals surface area contributed by atoms with E-state index in [0.29, 0.717) is 5.92 Å². The molecule has 13 heavy (non-hydrogen) atoms. The van der Waals surface area contributed by atoms with Gasteiger partial charge >= 0.3 is 0 Å². The summed E-state index contributed by atoms with van der Waals surface area (Å²) in [6, 6.07) is 3.89. The zero-order valence-electron chi connectivity index (χ0n) is 7.90. The lowest BCUT2D eigenvalue weighted by Gasteiger charge is -2.30. The quantitative estimate of drug-likeness (QED) is 0.751. The van der Waals surface area contributed by atoms with E-state index in [-0.39, 0.29) is 6.10 Å². The maximum Gasteiger partial charge on any atom is 0.0819 e. The molecular formula is C11H15NO. The van der Waals surface area contributed by atoms with Gasteiger partial charge in [-0.1, -0.05) is 6.42 Å². The molecule has 1 saturated carbocycles. The number of aliphatic hydroxyl groups is 1. The molecule has 0 spiro atoms. The van der Waals surface area contributed by atoms with Crippen molar-refractivity contribution in [1.29, 1.82) is 0 Å². The minimum absolute atomic E-state index is 0.268. The first kappa shape index (κ1) is 8.70. The molecule has 1 aromatic heterocycles. The van der Waals surface area contributed by atoms with Crippen LogP contribution in [0.4, 0.5) is 0 Å². The Hall–Kier alpha value is -0.890. The van der Waals surface area contributed by atoms with Crippen LogP contribution in [0.5, 0.6) is 0 Å². The van der Waals surface area contributed by atoms with Crippen molar-refractivity contribution in [2.75, 3.05) is 0 Å². The largest absolute Gasteiger partial charge is 0.388 e. The average molecular weight is 177 g/mol. The Morgan fingerprint density at radius 3 is 2.85 bits per heavy atom. The standard InChI is InChI=1S/C11H15NO/c1-8-7-10(5-6-12-8)11(13)9-3-2-4-9/h5-7,9,11,13H,2-4H2,1H3. The minimum atomic E-state index is -0.268. The number of hydrogen-bond acceptors (Lipinski definition) is 2. The van der Waals surface area contributed by atoms with Gasteiger partial charge < -0.3 is 5.11 Å². The Bertz CT molecular complexity index is 294. The topological polar surface area (TPSA) is 33.1 Å². The zero-order chi connectivity index (χ0) is 9.26. The molecular weight excluding hydrogens is 162 g/mol. The van der Waals surface area contributed by atoms with E-state index in [9.17, 15) is 5.11 Å². The maximum atomic E-state index is 9.94. The third-order valence-corrected chi connectivity index (χ3v) is 2.86. The Morgan fingerprint density at radius 2 is 2.31 bits per heavy atom. The molecule has 0 aliphatic heterocycles. The van der Waals surface area contributed by atoms with Crippen LogP contribution in [0, 0.1) is 12.8 Å². The summed E-state index contributed by atoms with van der Waals surface area (Å²) in [6.07, 6.45) is 5.11. The molecule has 1 fully saturated rings. The van der Waals surface area contributed by atoms with Gasteiger partial charge in [-0.3, -0.25) is 4.98 Å². The van der Waals surface area contributed by atoms with Crippen LogP contribution < -0.4 is 0 Å². The highest BCUT2D eigenvalue weighted by molar-refractivity contribution is 5.19. The summed E-state index contributed by atoms with van der Waals surface area (Å²) in [4.78, 5) is 4.11. The third-order valence-electron chi connectivity index (χ3n) is 2.86. The number of aliphatic hydroxyl groups excluding tert-OH is 1. The summed E-state index contributed by atoms with van der Waals surface area (Å²) in [7, 11) is 0. The molecule has 70 valence electrons. The Balaban J connectivity index is 2.14. The van der Waals surface area contributed by atoms with E-state index in [2.05, 4.69) is 4.98 Å². The zero-order valence-corrected chi connectivity index (χ0v) is 7.90. The molecule has 0 radical (unpaired) electrons. The Kier molecular flexibility index (Phi) is 2.32. The SMILES string of the molecule is Cc1cc(C(O)C2CCC2)ccn1. The minimum Gasteiger partial charge on any atom is -0.388 e.